The van der Waals surface area contributed by atoms with E-state index in [9.17, 15) is 15.0 Å². The summed E-state index contributed by atoms with van der Waals surface area (Å²) in [5.74, 6) is -0.0583. The smallest absolute Gasteiger partial charge is 0.220 e. The first-order chi connectivity index (χ1) is 34.2. The van der Waals surface area contributed by atoms with Gasteiger partial charge in [-0.2, -0.15) is 0 Å². The zero-order valence-corrected chi connectivity index (χ0v) is 45.3. The number of allylic oxidation sites excluding steroid dienone is 20. The molecule has 0 radical (unpaired) electrons. The summed E-state index contributed by atoms with van der Waals surface area (Å²) in [6, 6.07) is -0.560. The minimum absolute atomic E-state index is 0.0583. The van der Waals surface area contributed by atoms with Crippen LogP contribution in [0.25, 0.3) is 0 Å². The molecule has 2 atom stereocenters. The largest absolute Gasteiger partial charge is 0.394 e. The van der Waals surface area contributed by atoms with Gasteiger partial charge in [-0.1, -0.05) is 289 Å². The second-order valence-electron chi connectivity index (χ2n) is 19.3. The van der Waals surface area contributed by atoms with Gasteiger partial charge in [-0.3, -0.25) is 4.79 Å². The van der Waals surface area contributed by atoms with Crippen LogP contribution in [0.15, 0.2) is 122 Å². The number of unbranched alkanes of at least 4 members (excludes halogenated alkanes) is 25. The molecule has 69 heavy (non-hydrogen) atoms. The number of aliphatic hydroxyl groups is 2. The topological polar surface area (TPSA) is 69.6 Å². The first kappa shape index (κ1) is 65.8. The van der Waals surface area contributed by atoms with E-state index in [-0.39, 0.29) is 12.5 Å². The number of nitrogens with one attached hydrogen (secondary N) is 1. The number of aliphatic hydroxyl groups excluding tert-OH is 2. The average molecular weight is 955 g/mol. The summed E-state index contributed by atoms with van der Waals surface area (Å²) in [7, 11) is 0. The standard InChI is InChI=1S/C65H111NO3/c1-3-5-7-9-11-13-15-17-19-21-23-25-27-28-29-30-31-32-33-34-35-36-37-38-39-41-43-45-47-49-51-53-55-57-59-61-65(69)66-63(62-67)64(68)60-58-56-54-52-50-48-46-44-42-40-26-24-22-20-18-16-14-12-10-8-6-4-2/h5,7,11,13,17,19,23,25,28-29,31-32,34-35,37-38,41,43,47,49,63-64,67-68H,3-4,6,8-10,12,14-16,18,20-22,24,26-27,30,33,36,39-40,42,44-46,48,50-62H2,1-2H3,(H,66,69)/b7-5-,13-11-,19-17-,25-23-,29-28-,32-31-,35-34-,38-37-,43-41-,49-47-. The Bertz CT molecular complexity index is 1360. The first-order valence-corrected chi connectivity index (χ1v) is 29.2. The third-order valence-electron chi connectivity index (χ3n) is 12.7. The van der Waals surface area contributed by atoms with Crippen molar-refractivity contribution in [2.45, 2.75) is 276 Å². The molecule has 0 saturated carbocycles. The van der Waals surface area contributed by atoms with Crippen LogP contribution in [0.4, 0.5) is 0 Å². The van der Waals surface area contributed by atoms with E-state index in [1.807, 2.05) is 0 Å². The Labute approximate surface area is 428 Å². The van der Waals surface area contributed by atoms with E-state index in [0.717, 1.165) is 109 Å². The molecule has 2 unspecified atom stereocenters. The Morgan fingerprint density at radius 2 is 0.638 bits per heavy atom. The van der Waals surface area contributed by atoms with Crippen molar-refractivity contribution in [3.8, 4) is 0 Å². The van der Waals surface area contributed by atoms with Gasteiger partial charge in [0.05, 0.1) is 18.8 Å². The predicted octanol–water partition coefficient (Wildman–Crippen LogP) is 19.6. The molecule has 0 spiro atoms. The lowest BCUT2D eigenvalue weighted by molar-refractivity contribution is -0.123. The molecule has 0 aromatic carbocycles. The Kier molecular flexibility index (Phi) is 56.4. The van der Waals surface area contributed by atoms with Gasteiger partial charge in [0, 0.05) is 6.42 Å². The van der Waals surface area contributed by atoms with Crippen LogP contribution in [-0.4, -0.2) is 34.9 Å². The van der Waals surface area contributed by atoms with Crippen molar-refractivity contribution in [1.82, 2.24) is 5.32 Å². The number of carbonyl (C=O) groups excluding carboxylic acids is 1. The van der Waals surface area contributed by atoms with Gasteiger partial charge in [0.1, 0.15) is 0 Å². The summed E-state index contributed by atoms with van der Waals surface area (Å²) >= 11 is 0. The van der Waals surface area contributed by atoms with Gasteiger partial charge in [-0.15, -0.1) is 0 Å². The quantitative estimate of drug-likeness (QED) is 0.0420. The van der Waals surface area contributed by atoms with Crippen LogP contribution in [-0.2, 0) is 4.79 Å². The van der Waals surface area contributed by atoms with Gasteiger partial charge in [-0.25, -0.2) is 0 Å². The molecule has 4 nitrogen and oxygen atoms in total. The molecule has 0 fully saturated rings. The lowest BCUT2D eigenvalue weighted by atomic mass is 10.0. The molecule has 0 aliphatic carbocycles. The van der Waals surface area contributed by atoms with Crippen LogP contribution in [0.2, 0.25) is 0 Å². The minimum Gasteiger partial charge on any atom is -0.394 e. The molecular formula is C65H111NO3. The fourth-order valence-corrected chi connectivity index (χ4v) is 8.33. The zero-order valence-electron chi connectivity index (χ0n) is 45.3. The van der Waals surface area contributed by atoms with Crippen molar-refractivity contribution in [1.29, 1.82) is 0 Å². The molecule has 1 amide bonds. The number of hydrogen-bond donors (Lipinski definition) is 3. The lowest BCUT2D eigenvalue weighted by Crippen LogP contribution is -2.45. The number of carbonyl (C=O) groups is 1. The van der Waals surface area contributed by atoms with Crippen molar-refractivity contribution < 1.29 is 15.0 Å². The van der Waals surface area contributed by atoms with E-state index in [2.05, 4.69) is 141 Å². The predicted molar refractivity (Wildman–Crippen MR) is 308 cm³/mol. The van der Waals surface area contributed by atoms with Gasteiger partial charge >= 0.3 is 0 Å². The molecule has 0 rings (SSSR count). The maximum absolute atomic E-state index is 12.5. The van der Waals surface area contributed by atoms with Gasteiger partial charge in [0.2, 0.25) is 5.91 Å². The molecule has 0 aliphatic heterocycles. The van der Waals surface area contributed by atoms with Crippen molar-refractivity contribution >= 4 is 5.91 Å². The second kappa shape index (κ2) is 59.1. The van der Waals surface area contributed by atoms with Crippen LogP contribution >= 0.6 is 0 Å². The van der Waals surface area contributed by atoms with E-state index in [1.165, 1.54) is 128 Å². The summed E-state index contributed by atoms with van der Waals surface area (Å²) in [5.41, 5.74) is 0. The second-order valence-corrected chi connectivity index (χ2v) is 19.3. The fraction of sp³-hybridized carbons (Fsp3) is 0.677. The van der Waals surface area contributed by atoms with E-state index in [0.29, 0.717) is 12.8 Å². The SMILES string of the molecule is CC/C=C\C/C=C\C/C=C\C/C=C\C/C=C\C/C=C\C/C=C\C/C=C\C/C=C\C/C=C\CCCCCCC(=O)NC(CO)C(O)CCCCCCCCCCCCCCCCCCCCCCCC. The maximum atomic E-state index is 12.5. The monoisotopic (exact) mass is 954 g/mol. The van der Waals surface area contributed by atoms with Gasteiger partial charge in [-0.05, 0) is 89.9 Å². The summed E-state index contributed by atoms with van der Waals surface area (Å²) < 4.78 is 0. The maximum Gasteiger partial charge on any atom is 0.220 e. The highest BCUT2D eigenvalue weighted by Crippen LogP contribution is 2.16. The van der Waals surface area contributed by atoms with Crippen LogP contribution in [0.5, 0.6) is 0 Å². The first-order valence-electron chi connectivity index (χ1n) is 29.2. The highest BCUT2D eigenvalue weighted by atomic mass is 16.3. The molecule has 0 aromatic rings. The zero-order chi connectivity index (χ0) is 49.9. The minimum atomic E-state index is -0.680. The summed E-state index contributed by atoms with van der Waals surface area (Å²) in [6.07, 6.45) is 90.4. The van der Waals surface area contributed by atoms with E-state index in [1.54, 1.807) is 0 Å². The molecule has 3 N–H and O–H groups in total. The summed E-state index contributed by atoms with van der Waals surface area (Å²) in [6.45, 7) is 4.24. The molecule has 0 aliphatic rings. The van der Waals surface area contributed by atoms with E-state index < -0.39 is 12.1 Å². The highest BCUT2D eigenvalue weighted by Gasteiger charge is 2.20. The molecule has 0 heterocycles. The number of amides is 1. The van der Waals surface area contributed by atoms with Gasteiger partial charge in [0.15, 0.2) is 0 Å². The third-order valence-corrected chi connectivity index (χ3v) is 12.7. The fourth-order valence-electron chi connectivity index (χ4n) is 8.33. The average Bonchev–Trinajstić information content (AvgIpc) is 3.35. The van der Waals surface area contributed by atoms with Crippen molar-refractivity contribution in [3.63, 3.8) is 0 Å². The molecule has 0 aromatic heterocycles. The summed E-state index contributed by atoms with van der Waals surface area (Å²) in [4.78, 5) is 12.5. The van der Waals surface area contributed by atoms with Crippen molar-refractivity contribution in [3.05, 3.63) is 122 Å². The van der Waals surface area contributed by atoms with Gasteiger partial charge in [0.25, 0.3) is 0 Å². The van der Waals surface area contributed by atoms with Crippen LogP contribution in [0.3, 0.4) is 0 Å². The molecule has 0 bridgehead atoms. The van der Waals surface area contributed by atoms with Crippen LogP contribution in [0, 0.1) is 0 Å². The van der Waals surface area contributed by atoms with E-state index >= 15 is 0 Å². The van der Waals surface area contributed by atoms with Crippen molar-refractivity contribution in [2.75, 3.05) is 6.61 Å². The molecule has 4 heteroatoms. The van der Waals surface area contributed by atoms with Crippen LogP contribution in [0.1, 0.15) is 264 Å². The lowest BCUT2D eigenvalue weighted by Gasteiger charge is -2.22. The molecule has 394 valence electrons. The van der Waals surface area contributed by atoms with Crippen LogP contribution < -0.4 is 5.32 Å². The molecule has 0 saturated heterocycles. The van der Waals surface area contributed by atoms with Gasteiger partial charge < -0.3 is 15.5 Å². The Hall–Kier alpha value is -3.21. The van der Waals surface area contributed by atoms with E-state index in [4.69, 9.17) is 0 Å². The third kappa shape index (κ3) is 55.6. The molecular weight excluding hydrogens is 843 g/mol. The Morgan fingerprint density at radius 1 is 0.362 bits per heavy atom. The number of hydrogen-bond acceptors (Lipinski definition) is 3. The van der Waals surface area contributed by atoms with Crippen molar-refractivity contribution in [2.24, 2.45) is 0 Å². The number of rotatable bonds is 52. The Balaban J connectivity index is 3.63. The Morgan fingerprint density at radius 3 is 0.957 bits per heavy atom. The normalized spacial score (nSPS) is 13.7. The highest BCUT2D eigenvalue weighted by molar-refractivity contribution is 5.76. The summed E-state index contributed by atoms with van der Waals surface area (Å²) in [5, 5.41) is 23.3.